The van der Waals surface area contributed by atoms with Crippen molar-refractivity contribution in [2.24, 2.45) is 0 Å². The summed E-state index contributed by atoms with van der Waals surface area (Å²) in [5, 5.41) is 3.05. The number of ether oxygens (including phenoxy) is 3. The van der Waals surface area contributed by atoms with Crippen molar-refractivity contribution >= 4 is 29.2 Å². The monoisotopic (exact) mass is 285 g/mol. The Morgan fingerprint density at radius 1 is 1.47 bits per heavy atom. The Morgan fingerprint density at radius 3 is 3.00 bits per heavy atom. The first-order chi connectivity index (χ1) is 9.06. The predicted octanol–water partition coefficient (Wildman–Crippen LogP) is 1.61. The fourth-order valence-electron chi connectivity index (χ4n) is 1.58. The van der Waals surface area contributed by atoms with Crippen LogP contribution in [-0.4, -0.2) is 31.7 Å². The summed E-state index contributed by atoms with van der Waals surface area (Å²) < 4.78 is 15.5. The van der Waals surface area contributed by atoms with Crippen LogP contribution >= 0.6 is 11.6 Å². The van der Waals surface area contributed by atoms with Crippen LogP contribution in [0.25, 0.3) is 0 Å². The van der Waals surface area contributed by atoms with Gasteiger partial charge in [0.15, 0.2) is 18.1 Å². The molecule has 1 aliphatic heterocycles. The van der Waals surface area contributed by atoms with Crippen LogP contribution in [0.1, 0.15) is 6.92 Å². The van der Waals surface area contributed by atoms with Gasteiger partial charge in [0.2, 0.25) is 0 Å². The molecule has 0 radical (unpaired) electrons. The van der Waals surface area contributed by atoms with Gasteiger partial charge in [0.05, 0.1) is 5.69 Å². The molecular formula is C12H12ClNO5. The first-order valence-electron chi connectivity index (χ1n) is 5.58. The number of carbonyl (C=O) groups is 2. The van der Waals surface area contributed by atoms with E-state index in [-0.39, 0.29) is 31.7 Å². The molecule has 0 spiro atoms. The van der Waals surface area contributed by atoms with Gasteiger partial charge in [0, 0.05) is 18.0 Å². The summed E-state index contributed by atoms with van der Waals surface area (Å²) in [6.45, 7) is 1.54. The third-order valence-electron chi connectivity index (χ3n) is 2.29. The second-order valence-electron chi connectivity index (χ2n) is 3.81. The molecule has 102 valence electrons. The largest absolute Gasteiger partial charge is 0.486 e. The molecule has 1 aromatic rings. The molecule has 0 atom stereocenters. The summed E-state index contributed by atoms with van der Waals surface area (Å²) in [7, 11) is 0. The number of nitrogens with one attached hydrogen (secondary N) is 1. The lowest BCUT2D eigenvalue weighted by molar-refractivity contribution is -0.141. The predicted molar refractivity (Wildman–Crippen MR) is 67.7 cm³/mol. The number of carbonyl (C=O) groups excluding carboxylic acids is 2. The van der Waals surface area contributed by atoms with Crippen LogP contribution in [0.4, 0.5) is 5.69 Å². The molecule has 0 saturated heterocycles. The fraction of sp³-hybridized carbons (Fsp3) is 0.333. The van der Waals surface area contributed by atoms with Crippen LogP contribution in [0, 0.1) is 0 Å². The highest BCUT2D eigenvalue weighted by molar-refractivity contribution is 6.31. The Balaban J connectivity index is 2.07. The van der Waals surface area contributed by atoms with Crippen molar-refractivity contribution in [2.45, 2.75) is 6.92 Å². The van der Waals surface area contributed by atoms with Gasteiger partial charge >= 0.3 is 5.97 Å². The molecule has 0 fully saturated rings. The van der Waals surface area contributed by atoms with E-state index in [1.165, 1.54) is 6.92 Å². The molecule has 1 amide bonds. The van der Waals surface area contributed by atoms with E-state index < -0.39 is 0 Å². The molecule has 1 aromatic carbocycles. The van der Waals surface area contributed by atoms with Crippen LogP contribution in [0.2, 0.25) is 5.02 Å². The number of anilines is 1. The highest BCUT2D eigenvalue weighted by Gasteiger charge is 2.21. The third kappa shape index (κ3) is 3.51. The summed E-state index contributed by atoms with van der Waals surface area (Å²) in [4.78, 5) is 21.8. The van der Waals surface area contributed by atoms with Crippen LogP contribution in [0.15, 0.2) is 12.1 Å². The van der Waals surface area contributed by atoms with Crippen LogP contribution in [-0.2, 0) is 14.3 Å². The summed E-state index contributed by atoms with van der Waals surface area (Å²) in [6.07, 6.45) is 0. The van der Waals surface area contributed by atoms with E-state index in [0.717, 1.165) is 0 Å². The van der Waals surface area contributed by atoms with E-state index in [1.807, 2.05) is 0 Å². The normalized spacial score (nSPS) is 13.1. The Kier molecular flexibility index (Phi) is 4.11. The zero-order valence-corrected chi connectivity index (χ0v) is 11.0. The van der Waals surface area contributed by atoms with Crippen molar-refractivity contribution < 1.29 is 23.8 Å². The van der Waals surface area contributed by atoms with E-state index in [2.05, 4.69) is 5.32 Å². The average molecular weight is 286 g/mol. The number of rotatable bonds is 4. The van der Waals surface area contributed by atoms with Crippen molar-refractivity contribution in [3.8, 4) is 11.5 Å². The number of amides is 1. The summed E-state index contributed by atoms with van der Waals surface area (Å²) in [5.41, 5.74) is 0.464. The van der Waals surface area contributed by atoms with Crippen molar-refractivity contribution in [1.82, 2.24) is 0 Å². The lowest BCUT2D eigenvalue weighted by atomic mass is 10.2. The molecule has 0 aliphatic carbocycles. The lowest BCUT2D eigenvalue weighted by Crippen LogP contribution is -2.25. The molecule has 2 rings (SSSR count). The van der Waals surface area contributed by atoms with E-state index in [0.29, 0.717) is 22.2 Å². The quantitative estimate of drug-likeness (QED) is 0.672. The van der Waals surface area contributed by atoms with E-state index in [4.69, 9.17) is 25.8 Å². The maximum absolute atomic E-state index is 11.2. The maximum atomic E-state index is 11.2. The summed E-state index contributed by atoms with van der Waals surface area (Å²) >= 11 is 5.92. The summed E-state index contributed by atoms with van der Waals surface area (Å²) in [6, 6.07) is 3.15. The molecule has 6 nitrogen and oxygen atoms in total. The Morgan fingerprint density at radius 2 is 2.26 bits per heavy atom. The second kappa shape index (κ2) is 5.79. The summed E-state index contributed by atoms with van der Waals surface area (Å²) in [5.74, 6) is 0.197. The zero-order chi connectivity index (χ0) is 13.8. The Bertz CT molecular complexity index is 517. The number of halogens is 1. The number of fused-ring (bicyclic) bond motifs is 1. The molecule has 1 N–H and O–H groups in total. The molecular weight excluding hydrogens is 274 g/mol. The Labute approximate surface area is 114 Å². The smallest absolute Gasteiger partial charge is 0.302 e. The molecule has 0 bridgehead atoms. The van der Waals surface area contributed by atoms with Gasteiger partial charge in [-0.25, -0.2) is 0 Å². The highest BCUT2D eigenvalue weighted by atomic mass is 35.5. The zero-order valence-electron chi connectivity index (χ0n) is 10.2. The lowest BCUT2D eigenvalue weighted by Gasteiger charge is -2.21. The topological polar surface area (TPSA) is 73.9 Å². The Hall–Kier alpha value is -1.95. The van der Waals surface area contributed by atoms with Crippen molar-refractivity contribution in [3.05, 3.63) is 17.2 Å². The van der Waals surface area contributed by atoms with Gasteiger partial charge in [0.1, 0.15) is 13.2 Å². The third-order valence-corrected chi connectivity index (χ3v) is 2.51. The van der Waals surface area contributed by atoms with Crippen molar-refractivity contribution in [1.29, 1.82) is 0 Å². The van der Waals surface area contributed by atoms with Crippen LogP contribution < -0.4 is 14.8 Å². The van der Waals surface area contributed by atoms with Crippen LogP contribution in [0.3, 0.4) is 0 Å². The van der Waals surface area contributed by atoms with Gasteiger partial charge in [-0.15, -0.1) is 0 Å². The maximum Gasteiger partial charge on any atom is 0.302 e. The fourth-order valence-corrected chi connectivity index (χ4v) is 1.79. The van der Waals surface area contributed by atoms with Gasteiger partial charge in [0.25, 0.3) is 5.91 Å². The minimum Gasteiger partial charge on any atom is -0.486 e. The highest BCUT2D eigenvalue weighted by Crippen LogP contribution is 2.40. The van der Waals surface area contributed by atoms with Gasteiger partial charge in [-0.05, 0) is 6.07 Å². The molecule has 7 heteroatoms. The van der Waals surface area contributed by atoms with Gasteiger partial charge < -0.3 is 19.5 Å². The number of esters is 1. The second-order valence-corrected chi connectivity index (χ2v) is 4.24. The molecule has 1 heterocycles. The molecule has 0 unspecified atom stereocenters. The van der Waals surface area contributed by atoms with E-state index >= 15 is 0 Å². The minimum atomic E-state index is -0.375. The van der Waals surface area contributed by atoms with E-state index in [9.17, 15) is 9.59 Å². The number of hydrogen-bond donors (Lipinski definition) is 1. The van der Waals surface area contributed by atoms with Crippen LogP contribution in [0.5, 0.6) is 11.5 Å². The van der Waals surface area contributed by atoms with Crippen molar-refractivity contribution in [2.75, 3.05) is 25.1 Å². The standard InChI is InChI=1S/C12H12ClNO5/c1-7(15)17-2-3-18-10-5-8(13)4-9-12(10)19-6-11(16)14-9/h4-5H,2-3,6H2,1H3,(H,14,16). The minimum absolute atomic E-state index is 0.0745. The molecule has 1 aliphatic rings. The molecule has 19 heavy (non-hydrogen) atoms. The van der Waals surface area contributed by atoms with Gasteiger partial charge in [-0.3, -0.25) is 9.59 Å². The average Bonchev–Trinajstić information content (AvgIpc) is 2.33. The molecule has 0 saturated carbocycles. The number of benzene rings is 1. The van der Waals surface area contributed by atoms with Gasteiger partial charge in [-0.2, -0.15) is 0 Å². The van der Waals surface area contributed by atoms with Gasteiger partial charge in [-0.1, -0.05) is 11.6 Å². The van der Waals surface area contributed by atoms with Crippen molar-refractivity contribution in [3.63, 3.8) is 0 Å². The first kappa shape index (κ1) is 13.5. The SMILES string of the molecule is CC(=O)OCCOc1cc(Cl)cc2c1OCC(=O)N2. The van der Waals surface area contributed by atoms with E-state index in [1.54, 1.807) is 12.1 Å². The number of hydrogen-bond acceptors (Lipinski definition) is 5. The first-order valence-corrected chi connectivity index (χ1v) is 5.96. The molecule has 0 aromatic heterocycles.